The van der Waals surface area contributed by atoms with Crippen LogP contribution in [0.3, 0.4) is 0 Å². The van der Waals surface area contributed by atoms with Crippen molar-refractivity contribution in [1.29, 1.82) is 0 Å². The smallest absolute Gasteiger partial charge is 0.193 e. The molecule has 2 aromatic rings. The SMILES string of the molecule is CCc1ccc(CN(C)C(=NC)NCCCS(=O)(=O)c2ccccc2)cc1.I. The molecule has 154 valence electrons. The Bertz CT molecular complexity index is 838. The van der Waals surface area contributed by atoms with Crippen LogP contribution >= 0.6 is 24.0 Å². The Kier molecular flexibility index (Phi) is 10.5. The Hall–Kier alpha value is -1.61. The van der Waals surface area contributed by atoms with Crippen LogP contribution in [-0.2, 0) is 22.8 Å². The number of nitrogens with zero attached hydrogens (tertiary/aromatic N) is 2. The van der Waals surface area contributed by atoms with Crippen molar-refractivity contribution >= 4 is 39.8 Å². The second-order valence-electron chi connectivity index (χ2n) is 6.49. The maximum absolute atomic E-state index is 12.3. The van der Waals surface area contributed by atoms with Crippen molar-refractivity contribution in [3.63, 3.8) is 0 Å². The Morgan fingerprint density at radius 1 is 1.04 bits per heavy atom. The third-order valence-corrected chi connectivity index (χ3v) is 6.22. The van der Waals surface area contributed by atoms with Crippen LogP contribution in [0.5, 0.6) is 0 Å². The predicted octanol–water partition coefficient (Wildman–Crippen LogP) is 3.74. The normalized spacial score (nSPS) is 11.6. The van der Waals surface area contributed by atoms with E-state index in [1.54, 1.807) is 31.3 Å². The summed E-state index contributed by atoms with van der Waals surface area (Å²) in [4.78, 5) is 6.70. The van der Waals surface area contributed by atoms with E-state index in [1.165, 1.54) is 11.1 Å². The van der Waals surface area contributed by atoms with Crippen molar-refractivity contribution in [2.24, 2.45) is 4.99 Å². The van der Waals surface area contributed by atoms with Gasteiger partial charge in [0.15, 0.2) is 15.8 Å². The average Bonchev–Trinajstić information content (AvgIpc) is 2.69. The average molecular weight is 515 g/mol. The largest absolute Gasteiger partial charge is 0.356 e. The van der Waals surface area contributed by atoms with Gasteiger partial charge < -0.3 is 10.2 Å². The molecule has 0 atom stereocenters. The molecule has 0 aliphatic rings. The van der Waals surface area contributed by atoms with E-state index < -0.39 is 9.84 Å². The predicted molar refractivity (Wildman–Crippen MR) is 127 cm³/mol. The second-order valence-corrected chi connectivity index (χ2v) is 8.59. The zero-order valence-corrected chi connectivity index (χ0v) is 19.9. The molecule has 7 heteroatoms. The number of nitrogens with one attached hydrogen (secondary N) is 1. The van der Waals surface area contributed by atoms with Crippen LogP contribution < -0.4 is 5.32 Å². The minimum absolute atomic E-state index is 0. The van der Waals surface area contributed by atoms with Crippen LogP contribution in [0, 0.1) is 0 Å². The molecule has 1 N–H and O–H groups in total. The van der Waals surface area contributed by atoms with Gasteiger partial charge in [-0.3, -0.25) is 4.99 Å². The summed E-state index contributed by atoms with van der Waals surface area (Å²) in [5.41, 5.74) is 2.54. The molecule has 0 saturated heterocycles. The lowest BCUT2D eigenvalue weighted by atomic mass is 10.1. The maximum atomic E-state index is 12.3. The fourth-order valence-electron chi connectivity index (χ4n) is 2.82. The first-order valence-electron chi connectivity index (χ1n) is 9.23. The molecule has 0 bridgehead atoms. The van der Waals surface area contributed by atoms with Crippen molar-refractivity contribution in [3.8, 4) is 0 Å². The lowest BCUT2D eigenvalue weighted by Gasteiger charge is -2.22. The van der Waals surface area contributed by atoms with Gasteiger partial charge in [-0.15, -0.1) is 24.0 Å². The molecule has 0 heterocycles. The van der Waals surface area contributed by atoms with E-state index >= 15 is 0 Å². The van der Waals surface area contributed by atoms with E-state index in [0.717, 1.165) is 18.9 Å². The van der Waals surface area contributed by atoms with Crippen molar-refractivity contribution in [2.45, 2.75) is 31.2 Å². The molecule has 0 saturated carbocycles. The van der Waals surface area contributed by atoms with Gasteiger partial charge in [-0.2, -0.15) is 0 Å². The third kappa shape index (κ3) is 7.43. The number of sulfone groups is 1. The summed E-state index contributed by atoms with van der Waals surface area (Å²) in [5.74, 6) is 0.870. The monoisotopic (exact) mass is 515 g/mol. The molecule has 0 radical (unpaired) electrons. The molecule has 2 rings (SSSR count). The van der Waals surface area contributed by atoms with Gasteiger partial charge in [0, 0.05) is 27.2 Å². The summed E-state index contributed by atoms with van der Waals surface area (Å²) >= 11 is 0. The van der Waals surface area contributed by atoms with E-state index in [4.69, 9.17) is 0 Å². The number of halogens is 1. The minimum atomic E-state index is -3.23. The van der Waals surface area contributed by atoms with Crippen molar-refractivity contribution < 1.29 is 8.42 Å². The van der Waals surface area contributed by atoms with Gasteiger partial charge in [0.1, 0.15) is 0 Å². The van der Waals surface area contributed by atoms with E-state index in [1.807, 2.05) is 18.0 Å². The summed E-state index contributed by atoms with van der Waals surface area (Å²) in [6.07, 6.45) is 1.56. The van der Waals surface area contributed by atoms with Crippen LogP contribution in [0.4, 0.5) is 0 Å². The van der Waals surface area contributed by atoms with Gasteiger partial charge >= 0.3 is 0 Å². The lowest BCUT2D eigenvalue weighted by Crippen LogP contribution is -2.39. The van der Waals surface area contributed by atoms with Crippen molar-refractivity contribution in [3.05, 3.63) is 65.7 Å². The number of aryl methyl sites for hydroxylation is 1. The number of rotatable bonds is 8. The fraction of sp³-hybridized carbons (Fsp3) is 0.381. The molecular formula is C21H30IN3O2S. The van der Waals surface area contributed by atoms with Crippen LogP contribution in [-0.4, -0.2) is 45.7 Å². The number of guanidine groups is 1. The molecule has 0 fully saturated rings. The summed E-state index contributed by atoms with van der Waals surface area (Å²) in [7, 11) is 0.478. The van der Waals surface area contributed by atoms with Crippen LogP contribution in [0.2, 0.25) is 0 Å². The Morgan fingerprint density at radius 3 is 2.21 bits per heavy atom. The highest BCUT2D eigenvalue weighted by molar-refractivity contribution is 14.0. The molecule has 2 aromatic carbocycles. The topological polar surface area (TPSA) is 61.8 Å². The molecule has 0 aliphatic carbocycles. The highest BCUT2D eigenvalue weighted by Crippen LogP contribution is 2.11. The van der Waals surface area contributed by atoms with Gasteiger partial charge in [-0.05, 0) is 36.1 Å². The molecular weight excluding hydrogens is 485 g/mol. The molecule has 0 unspecified atom stereocenters. The van der Waals surface area contributed by atoms with Gasteiger partial charge in [-0.1, -0.05) is 49.4 Å². The minimum Gasteiger partial charge on any atom is -0.356 e. The number of hydrogen-bond donors (Lipinski definition) is 1. The number of benzene rings is 2. The second kappa shape index (κ2) is 12.1. The third-order valence-electron chi connectivity index (χ3n) is 4.40. The molecule has 0 aliphatic heterocycles. The Morgan fingerprint density at radius 2 is 1.64 bits per heavy atom. The quantitative estimate of drug-likeness (QED) is 0.252. The summed E-state index contributed by atoms with van der Waals surface area (Å²) in [6.45, 7) is 3.44. The standard InChI is InChI=1S/C21H29N3O2S.HI/c1-4-18-11-13-19(14-12-18)17-24(3)21(22-2)23-15-8-16-27(25,26)20-9-6-5-7-10-20;/h5-7,9-14H,4,8,15-17H2,1-3H3,(H,22,23);1H. The van der Waals surface area contributed by atoms with Gasteiger partial charge in [0.05, 0.1) is 10.6 Å². The van der Waals surface area contributed by atoms with Gasteiger partial charge in [-0.25, -0.2) is 8.42 Å². The molecule has 0 amide bonds. The highest BCUT2D eigenvalue weighted by Gasteiger charge is 2.13. The van der Waals surface area contributed by atoms with Crippen molar-refractivity contribution in [2.75, 3.05) is 26.4 Å². The Balaban J connectivity index is 0.00000392. The van der Waals surface area contributed by atoms with Crippen LogP contribution in [0.1, 0.15) is 24.5 Å². The van der Waals surface area contributed by atoms with Crippen LogP contribution in [0.25, 0.3) is 0 Å². The summed E-state index contributed by atoms with van der Waals surface area (Å²) in [6, 6.07) is 17.1. The van der Waals surface area contributed by atoms with Crippen LogP contribution in [0.15, 0.2) is 64.5 Å². The first kappa shape index (κ1) is 24.4. The first-order valence-corrected chi connectivity index (χ1v) is 10.9. The van der Waals surface area contributed by atoms with E-state index in [0.29, 0.717) is 17.9 Å². The highest BCUT2D eigenvalue weighted by atomic mass is 127. The van der Waals surface area contributed by atoms with Gasteiger partial charge in [0.2, 0.25) is 0 Å². The molecule has 5 nitrogen and oxygen atoms in total. The van der Waals surface area contributed by atoms with E-state index in [9.17, 15) is 8.42 Å². The lowest BCUT2D eigenvalue weighted by molar-refractivity contribution is 0.476. The first-order chi connectivity index (χ1) is 13.0. The summed E-state index contributed by atoms with van der Waals surface area (Å²) < 4.78 is 24.6. The number of hydrogen-bond acceptors (Lipinski definition) is 3. The van der Waals surface area contributed by atoms with Gasteiger partial charge in [0.25, 0.3) is 0 Å². The van der Waals surface area contributed by atoms with Crippen molar-refractivity contribution in [1.82, 2.24) is 10.2 Å². The molecule has 0 spiro atoms. The molecule has 0 aromatic heterocycles. The van der Waals surface area contributed by atoms with E-state index in [2.05, 4.69) is 41.5 Å². The van der Waals surface area contributed by atoms with E-state index in [-0.39, 0.29) is 29.7 Å². The maximum Gasteiger partial charge on any atom is 0.193 e. The Labute approximate surface area is 186 Å². The number of aliphatic imine (C=N–C) groups is 1. The zero-order valence-electron chi connectivity index (χ0n) is 16.8. The zero-order chi connectivity index (χ0) is 19.7. The summed E-state index contributed by atoms with van der Waals surface area (Å²) in [5, 5.41) is 3.25. The molecule has 28 heavy (non-hydrogen) atoms. The fourth-order valence-corrected chi connectivity index (χ4v) is 4.15.